The molecular formula is C26H24F3N3O3. The fraction of sp³-hybridized carbons (Fsp3) is 0.308. The summed E-state index contributed by atoms with van der Waals surface area (Å²) in [6, 6.07) is 12.3. The van der Waals surface area contributed by atoms with Gasteiger partial charge in [0.15, 0.2) is 0 Å². The molecule has 35 heavy (non-hydrogen) atoms. The first-order chi connectivity index (χ1) is 16.6. The Labute approximate surface area is 199 Å². The first-order valence-corrected chi connectivity index (χ1v) is 11.3. The molecule has 0 amide bonds. The quantitative estimate of drug-likeness (QED) is 0.373. The third-order valence-corrected chi connectivity index (χ3v) is 6.21. The van der Waals surface area contributed by atoms with Crippen molar-refractivity contribution < 1.29 is 27.4 Å². The van der Waals surface area contributed by atoms with Crippen LogP contribution in [0.1, 0.15) is 29.8 Å². The molecule has 0 spiro atoms. The number of carbonyl (C=O) groups is 1. The molecule has 1 N–H and O–H groups in total. The van der Waals surface area contributed by atoms with Gasteiger partial charge in [-0.25, -0.2) is 9.78 Å². The first kappa shape index (κ1) is 23.2. The van der Waals surface area contributed by atoms with Crippen LogP contribution in [0.4, 0.5) is 18.9 Å². The molecule has 4 aromatic rings. The molecule has 1 fully saturated rings. The maximum absolute atomic E-state index is 13.3. The van der Waals surface area contributed by atoms with Crippen LogP contribution in [-0.2, 0) is 15.7 Å². The molecule has 5 rings (SSSR count). The number of rotatable bonds is 3. The van der Waals surface area contributed by atoms with E-state index in [9.17, 15) is 18.0 Å². The molecule has 0 bridgehead atoms. The van der Waals surface area contributed by atoms with Crippen LogP contribution in [0.5, 0.6) is 0 Å². The van der Waals surface area contributed by atoms with Gasteiger partial charge in [-0.3, -0.25) is 0 Å². The Morgan fingerprint density at radius 1 is 1.11 bits per heavy atom. The zero-order chi connectivity index (χ0) is 24.9. The number of ether oxygens (including phenoxy) is 2. The van der Waals surface area contributed by atoms with Gasteiger partial charge in [-0.1, -0.05) is 12.1 Å². The van der Waals surface area contributed by atoms with Crippen molar-refractivity contribution in [1.29, 1.82) is 0 Å². The Morgan fingerprint density at radius 2 is 1.86 bits per heavy atom. The van der Waals surface area contributed by atoms with E-state index in [2.05, 4.69) is 14.9 Å². The Balaban J connectivity index is 1.66. The maximum atomic E-state index is 13.3. The zero-order valence-corrected chi connectivity index (χ0v) is 19.4. The van der Waals surface area contributed by atoms with Gasteiger partial charge in [0.25, 0.3) is 0 Å². The van der Waals surface area contributed by atoms with E-state index >= 15 is 0 Å². The van der Waals surface area contributed by atoms with Crippen LogP contribution in [0.3, 0.4) is 0 Å². The summed E-state index contributed by atoms with van der Waals surface area (Å²) < 4.78 is 50.7. The fourth-order valence-corrected chi connectivity index (χ4v) is 4.70. The normalized spacial score (nSPS) is 18.9. The number of pyridine rings is 1. The molecule has 182 valence electrons. The number of anilines is 1. The van der Waals surface area contributed by atoms with Crippen molar-refractivity contribution in [3.05, 3.63) is 59.7 Å². The Hall–Kier alpha value is -3.59. The van der Waals surface area contributed by atoms with Crippen molar-refractivity contribution in [1.82, 2.24) is 9.97 Å². The van der Waals surface area contributed by atoms with Crippen molar-refractivity contribution in [2.45, 2.75) is 32.2 Å². The molecule has 0 radical (unpaired) electrons. The monoisotopic (exact) mass is 483 g/mol. The van der Waals surface area contributed by atoms with Crippen LogP contribution in [0.15, 0.2) is 48.5 Å². The SMILES string of the molecule is COC(=O)c1cc(-c2cccc(C(F)(F)F)c2)nc2c1[nH]c1cc(N3C[C@@H](C)O[C@@H](C)C3)ccc12. The number of hydrogen-bond donors (Lipinski definition) is 1. The molecular weight excluding hydrogens is 459 g/mol. The number of H-pyrrole nitrogens is 1. The highest BCUT2D eigenvalue weighted by atomic mass is 19.4. The van der Waals surface area contributed by atoms with Gasteiger partial charge in [0.1, 0.15) is 0 Å². The number of hydrogen-bond acceptors (Lipinski definition) is 5. The Bertz CT molecular complexity index is 1420. The molecule has 1 saturated heterocycles. The number of halogens is 3. The molecule has 2 aromatic heterocycles. The molecule has 2 aromatic carbocycles. The van der Waals surface area contributed by atoms with Crippen molar-refractivity contribution >= 4 is 33.6 Å². The number of esters is 1. The molecule has 0 unspecified atom stereocenters. The summed E-state index contributed by atoms with van der Waals surface area (Å²) in [5, 5.41) is 0.761. The van der Waals surface area contributed by atoms with Crippen LogP contribution in [0, 0.1) is 0 Å². The van der Waals surface area contributed by atoms with Crippen LogP contribution in [0.2, 0.25) is 0 Å². The third-order valence-electron chi connectivity index (χ3n) is 6.21. The average Bonchev–Trinajstić information content (AvgIpc) is 3.19. The van der Waals surface area contributed by atoms with E-state index in [4.69, 9.17) is 9.47 Å². The largest absolute Gasteiger partial charge is 0.465 e. The lowest BCUT2D eigenvalue weighted by molar-refractivity contribution is -0.137. The van der Waals surface area contributed by atoms with Crippen molar-refractivity contribution in [3.8, 4) is 11.3 Å². The number of carbonyl (C=O) groups excluding carboxylic acids is 1. The van der Waals surface area contributed by atoms with Gasteiger partial charge in [-0.15, -0.1) is 0 Å². The number of methoxy groups -OCH3 is 1. The molecule has 6 nitrogen and oxygen atoms in total. The minimum absolute atomic E-state index is 0.0970. The highest BCUT2D eigenvalue weighted by Gasteiger charge is 2.31. The number of morpholine rings is 1. The lowest BCUT2D eigenvalue weighted by atomic mass is 10.0. The standard InChI is InChI=1S/C26H24F3N3O3/c1-14-12-32(13-15(2)35-14)18-7-8-19-22(10-18)31-24-20(25(33)34-3)11-21(30-23(19)24)16-5-4-6-17(9-16)26(27,28)29/h4-11,14-15,31H,12-13H2,1-3H3/t14-,15+. The van der Waals surface area contributed by atoms with Gasteiger partial charge in [0, 0.05) is 29.7 Å². The van der Waals surface area contributed by atoms with E-state index in [0.29, 0.717) is 11.0 Å². The molecule has 0 saturated carbocycles. The number of aromatic nitrogens is 2. The van der Waals surface area contributed by atoms with Gasteiger partial charge >= 0.3 is 12.1 Å². The lowest BCUT2D eigenvalue weighted by Gasteiger charge is -2.36. The summed E-state index contributed by atoms with van der Waals surface area (Å²) >= 11 is 0. The molecule has 3 heterocycles. The van der Waals surface area contributed by atoms with Crippen LogP contribution < -0.4 is 4.90 Å². The van der Waals surface area contributed by atoms with Crippen LogP contribution in [0.25, 0.3) is 33.2 Å². The topological polar surface area (TPSA) is 67.5 Å². The predicted molar refractivity (Wildman–Crippen MR) is 128 cm³/mol. The van der Waals surface area contributed by atoms with E-state index in [0.717, 1.165) is 41.8 Å². The Morgan fingerprint density at radius 3 is 2.54 bits per heavy atom. The maximum Gasteiger partial charge on any atom is 0.416 e. The van der Waals surface area contributed by atoms with Gasteiger partial charge in [-0.2, -0.15) is 13.2 Å². The Kier molecular flexibility index (Phi) is 5.67. The smallest absolute Gasteiger partial charge is 0.416 e. The summed E-state index contributed by atoms with van der Waals surface area (Å²) in [5.41, 5.74) is 2.67. The van der Waals surface area contributed by atoms with Crippen LogP contribution in [-0.4, -0.2) is 48.3 Å². The minimum Gasteiger partial charge on any atom is -0.465 e. The summed E-state index contributed by atoms with van der Waals surface area (Å²) in [7, 11) is 1.26. The van der Waals surface area contributed by atoms with Gasteiger partial charge in [0.2, 0.25) is 0 Å². The second-order valence-corrected chi connectivity index (χ2v) is 8.87. The van der Waals surface area contributed by atoms with E-state index in [1.54, 1.807) is 0 Å². The highest BCUT2D eigenvalue weighted by Crippen LogP contribution is 2.35. The van der Waals surface area contributed by atoms with E-state index in [1.165, 1.54) is 25.3 Å². The van der Waals surface area contributed by atoms with E-state index in [-0.39, 0.29) is 29.0 Å². The van der Waals surface area contributed by atoms with Crippen molar-refractivity contribution in [2.75, 3.05) is 25.1 Å². The summed E-state index contributed by atoms with van der Waals surface area (Å²) in [6.45, 7) is 5.57. The third kappa shape index (κ3) is 4.32. The lowest BCUT2D eigenvalue weighted by Crippen LogP contribution is -2.45. The number of fused-ring (bicyclic) bond motifs is 3. The van der Waals surface area contributed by atoms with Crippen LogP contribution >= 0.6 is 0 Å². The average molecular weight is 483 g/mol. The van der Waals surface area contributed by atoms with Crippen molar-refractivity contribution in [2.24, 2.45) is 0 Å². The van der Waals surface area contributed by atoms with E-state index < -0.39 is 17.7 Å². The molecule has 0 aliphatic carbocycles. The second-order valence-electron chi connectivity index (χ2n) is 8.87. The minimum atomic E-state index is -4.49. The van der Waals surface area contributed by atoms with Gasteiger partial charge in [-0.05, 0) is 50.2 Å². The predicted octanol–water partition coefficient (Wildman–Crippen LogP) is 5.80. The fourth-order valence-electron chi connectivity index (χ4n) is 4.70. The zero-order valence-electron chi connectivity index (χ0n) is 19.4. The summed E-state index contributed by atoms with van der Waals surface area (Å²) in [4.78, 5) is 22.8. The molecule has 9 heteroatoms. The number of aromatic amines is 1. The second kappa shape index (κ2) is 8.57. The number of nitrogens with one attached hydrogen (secondary N) is 1. The number of benzene rings is 2. The van der Waals surface area contributed by atoms with Gasteiger partial charge in [0.05, 0.1) is 52.7 Å². The number of alkyl halides is 3. The number of nitrogens with zero attached hydrogens (tertiary/aromatic N) is 2. The van der Waals surface area contributed by atoms with Gasteiger partial charge < -0.3 is 19.4 Å². The molecule has 1 aliphatic heterocycles. The molecule has 1 aliphatic rings. The first-order valence-electron chi connectivity index (χ1n) is 11.3. The highest BCUT2D eigenvalue weighted by molar-refractivity contribution is 6.13. The summed E-state index contributed by atoms with van der Waals surface area (Å²) in [5.74, 6) is -0.603. The van der Waals surface area contributed by atoms with Crippen molar-refractivity contribution in [3.63, 3.8) is 0 Å². The van der Waals surface area contributed by atoms with E-state index in [1.807, 2.05) is 32.0 Å². The molecule has 2 atom stereocenters. The summed E-state index contributed by atoms with van der Waals surface area (Å²) in [6.07, 6.45) is -4.30.